The van der Waals surface area contributed by atoms with Gasteiger partial charge >= 0.3 is 257 Å². The molecular formula is C38H57CrN2O4+. The van der Waals surface area contributed by atoms with Gasteiger partial charge in [0.05, 0.1) is 0 Å². The van der Waals surface area contributed by atoms with E-state index in [1.807, 2.05) is 0 Å². The van der Waals surface area contributed by atoms with E-state index in [-0.39, 0.29) is 37.3 Å². The predicted molar refractivity (Wildman–Crippen MR) is 179 cm³/mol. The summed E-state index contributed by atoms with van der Waals surface area (Å²) in [6.45, 7) is 27.5. The number of benzene rings is 2. The van der Waals surface area contributed by atoms with Crippen LogP contribution in [0.1, 0.15) is 149 Å². The van der Waals surface area contributed by atoms with Crippen molar-refractivity contribution in [1.29, 1.82) is 0 Å². The van der Waals surface area contributed by atoms with Gasteiger partial charge < -0.3 is 9.90 Å². The molecule has 2 aliphatic rings. The minimum absolute atomic E-state index is 0.0117. The quantitative estimate of drug-likeness (QED) is 0.370. The van der Waals surface area contributed by atoms with Crippen LogP contribution in [0, 0.1) is 0 Å². The number of hydrogen-bond acceptors (Lipinski definition) is 4. The molecule has 2 atom stereocenters. The molecule has 2 aromatic carbocycles. The van der Waals surface area contributed by atoms with Crippen molar-refractivity contribution in [2.75, 3.05) is 0 Å². The number of rotatable bonds is 2. The second-order valence-electron chi connectivity index (χ2n) is 16.9. The van der Waals surface area contributed by atoms with Gasteiger partial charge in [-0.2, -0.15) is 0 Å². The number of fused-ring (bicyclic) bond motifs is 1. The predicted octanol–water partition coefficient (Wildman–Crippen LogP) is 6.84. The van der Waals surface area contributed by atoms with E-state index >= 15 is 0 Å². The number of carboxylic acids is 1. The van der Waals surface area contributed by atoms with E-state index in [9.17, 15) is 10.2 Å². The minimum atomic E-state index is -1.08. The van der Waals surface area contributed by atoms with Gasteiger partial charge in [0.15, 0.2) is 0 Å². The number of carboxylic acid groups (broad SMARTS) is 1. The van der Waals surface area contributed by atoms with Gasteiger partial charge in [-0.05, 0) is 6.92 Å². The van der Waals surface area contributed by atoms with Crippen molar-refractivity contribution >= 4 is 18.4 Å². The van der Waals surface area contributed by atoms with E-state index in [0.717, 1.165) is 42.0 Å². The number of phenolic OH excluding ortho intramolecular Hbond substituents is 2. The molecule has 1 saturated heterocycles. The summed E-state index contributed by atoms with van der Waals surface area (Å²) in [6, 6.07) is 9.60. The first-order chi connectivity index (χ1) is 20.4. The monoisotopic (exact) mass is 657 g/mol. The number of hydrogen-bond donors (Lipinski definition) is 2. The summed E-state index contributed by atoms with van der Waals surface area (Å²) in [5.74, 6) is -0.275. The zero-order valence-corrected chi connectivity index (χ0v) is 31.2. The Hall–Kier alpha value is -2.62. The summed E-state index contributed by atoms with van der Waals surface area (Å²) in [5, 5.41) is 31.9. The topological polar surface area (TPSA) is 86.6 Å². The SMILES string of the molecule is CC(=O)[O-].CC(C)(C)c1cc(C=[N+]2[Cr][N+](=Cc3cc(C(C)(C)C)cc(C(C)(C)C)c3O)[C@@H]3CCCC[C@H]32)c(O)c(C(C)(C)C)c1. The average molecular weight is 658 g/mol. The van der Waals surface area contributed by atoms with Crippen molar-refractivity contribution in [1.82, 2.24) is 0 Å². The molecule has 0 amide bonds. The van der Waals surface area contributed by atoms with Gasteiger partial charge in [-0.15, -0.1) is 0 Å². The molecule has 0 bridgehead atoms. The Morgan fingerprint density at radius 3 is 1.27 bits per heavy atom. The Bertz CT molecular complexity index is 1370. The zero-order chi connectivity index (χ0) is 34.3. The fourth-order valence-electron chi connectivity index (χ4n) is 5.95. The van der Waals surface area contributed by atoms with Crippen molar-refractivity contribution in [3.63, 3.8) is 0 Å². The van der Waals surface area contributed by atoms with E-state index in [1.54, 1.807) is 0 Å². The van der Waals surface area contributed by atoms with Gasteiger partial charge in [0, 0.05) is 5.97 Å². The summed E-state index contributed by atoms with van der Waals surface area (Å²) in [6.07, 6.45) is 9.25. The van der Waals surface area contributed by atoms with Gasteiger partial charge in [0.25, 0.3) is 0 Å². The molecule has 248 valence electrons. The molecule has 1 heterocycles. The van der Waals surface area contributed by atoms with E-state index in [1.165, 1.54) is 24.0 Å². The molecule has 0 radical (unpaired) electrons. The van der Waals surface area contributed by atoms with Crippen LogP contribution in [-0.4, -0.2) is 47.8 Å². The number of aromatic hydroxyl groups is 2. The van der Waals surface area contributed by atoms with E-state index in [0.29, 0.717) is 23.6 Å². The van der Waals surface area contributed by atoms with Gasteiger partial charge in [-0.1, -0.05) is 0 Å². The zero-order valence-electron chi connectivity index (χ0n) is 30.0. The van der Waals surface area contributed by atoms with Crippen molar-refractivity contribution in [2.45, 2.75) is 149 Å². The molecule has 6 nitrogen and oxygen atoms in total. The molecule has 0 aromatic heterocycles. The fraction of sp³-hybridized carbons (Fsp3) is 0.605. The molecule has 2 N–H and O–H groups in total. The standard InChI is InChI=1S/C36H54N2O2.C2H4O2.Cr/c1-33(2,3)25-17-23(31(39)27(19-25)35(7,8)9)21-37-29-15-13-14-16-30(29)38-22-24-18-26(34(4,5)6)20-28(32(24)40)36(10,11)12;1-2(3)4;/h17-22,29-30,39-40H,13-16H2,1-12H3;1H3,(H,3,4);/q;;+2/p-1/t29-,30-;;/m1../s1. The van der Waals surface area contributed by atoms with Crippen molar-refractivity contribution in [3.05, 3.63) is 57.6 Å². The summed E-state index contributed by atoms with van der Waals surface area (Å²) >= 11 is 0.0117. The Balaban J connectivity index is 0.00000130. The Kier molecular flexibility index (Phi) is 10.8. The second kappa shape index (κ2) is 13.2. The van der Waals surface area contributed by atoms with E-state index < -0.39 is 5.97 Å². The maximum atomic E-state index is 11.5. The van der Waals surface area contributed by atoms with Crippen LogP contribution in [-0.2, 0) is 42.1 Å². The Morgan fingerprint density at radius 1 is 0.689 bits per heavy atom. The molecule has 2 fully saturated rings. The van der Waals surface area contributed by atoms with Crippen molar-refractivity contribution < 1.29 is 42.9 Å². The van der Waals surface area contributed by atoms with Gasteiger partial charge in [0.1, 0.15) is 0 Å². The first-order valence-corrected chi connectivity index (χ1v) is 17.4. The van der Waals surface area contributed by atoms with Gasteiger partial charge in [0.2, 0.25) is 0 Å². The van der Waals surface area contributed by atoms with E-state index in [2.05, 4.69) is 127 Å². The van der Waals surface area contributed by atoms with Crippen molar-refractivity contribution in [3.8, 4) is 11.5 Å². The van der Waals surface area contributed by atoms with Crippen LogP contribution in [0.3, 0.4) is 0 Å². The average Bonchev–Trinajstić information content (AvgIpc) is 3.20. The summed E-state index contributed by atoms with van der Waals surface area (Å²) < 4.78 is 5.02. The van der Waals surface area contributed by atoms with Crippen LogP contribution < -0.4 is 5.11 Å². The summed E-state index contributed by atoms with van der Waals surface area (Å²) in [5.41, 5.74) is 6.01. The maximum absolute atomic E-state index is 11.5. The summed E-state index contributed by atoms with van der Waals surface area (Å²) in [4.78, 5) is 8.89. The number of carbonyl (C=O) groups is 1. The number of phenols is 2. The molecule has 7 heteroatoms. The van der Waals surface area contributed by atoms with Crippen LogP contribution in [0.25, 0.3) is 0 Å². The van der Waals surface area contributed by atoms with Gasteiger partial charge in [-0.25, -0.2) is 0 Å². The fourth-order valence-corrected chi connectivity index (χ4v) is 7.94. The molecular weight excluding hydrogens is 600 g/mol. The van der Waals surface area contributed by atoms with Crippen LogP contribution in [0.2, 0.25) is 0 Å². The second-order valence-corrected chi connectivity index (χ2v) is 18.5. The van der Waals surface area contributed by atoms with Crippen LogP contribution >= 0.6 is 0 Å². The first kappa shape index (κ1) is 36.8. The third-order valence-corrected chi connectivity index (χ3v) is 10.5. The van der Waals surface area contributed by atoms with E-state index in [4.69, 9.17) is 9.90 Å². The van der Waals surface area contributed by atoms with Gasteiger partial charge in [-0.3, -0.25) is 0 Å². The molecule has 45 heavy (non-hydrogen) atoms. The third-order valence-electron chi connectivity index (χ3n) is 8.70. The Morgan fingerprint density at radius 2 is 1.00 bits per heavy atom. The molecule has 1 saturated carbocycles. The number of carbonyl (C=O) groups excluding carboxylic acids is 1. The molecule has 1 aliphatic carbocycles. The summed E-state index contributed by atoms with van der Waals surface area (Å²) in [7, 11) is 0. The van der Waals surface area contributed by atoms with Crippen molar-refractivity contribution in [2.24, 2.45) is 0 Å². The molecule has 4 rings (SSSR count). The first-order valence-electron chi connectivity index (χ1n) is 16.3. The third kappa shape index (κ3) is 9.01. The molecule has 2 aromatic rings. The number of nitrogens with zero attached hydrogens (tertiary/aromatic N) is 2. The van der Waals surface area contributed by atoms with Crippen LogP contribution in [0.4, 0.5) is 0 Å². The Labute approximate surface area is 279 Å². The molecule has 1 aliphatic heterocycles. The molecule has 0 unspecified atom stereocenters. The number of aliphatic carboxylic acids is 1. The van der Waals surface area contributed by atoms with Crippen LogP contribution in [0.5, 0.6) is 11.5 Å². The normalized spacial score (nSPS) is 21.0. The van der Waals surface area contributed by atoms with Crippen LogP contribution in [0.15, 0.2) is 24.3 Å². The molecule has 0 spiro atoms.